The molecule has 8 heteroatoms. The maximum absolute atomic E-state index is 13.1. The number of hydrogen-bond donors (Lipinski definition) is 0. The molecule has 2 rings (SSSR count). The van der Waals surface area contributed by atoms with E-state index in [4.69, 9.17) is 4.74 Å². The molecule has 0 amide bonds. The number of nitrogens with zero attached hydrogens (tertiary/aromatic N) is 1. The lowest BCUT2D eigenvalue weighted by molar-refractivity contribution is -0.443. The van der Waals surface area contributed by atoms with Crippen LogP contribution in [0.3, 0.4) is 0 Å². The molecular formula is C18H20F3NO3Si. The number of fused-ring (bicyclic) bond motifs is 1. The molecule has 0 aliphatic carbocycles. The van der Waals surface area contributed by atoms with E-state index in [1.54, 1.807) is 12.1 Å². The van der Waals surface area contributed by atoms with Crippen LogP contribution in [0.2, 0.25) is 18.1 Å². The molecule has 1 aliphatic heterocycles. The van der Waals surface area contributed by atoms with Gasteiger partial charge in [-0.2, -0.15) is 13.2 Å². The first-order valence-electron chi connectivity index (χ1n) is 8.43. The predicted octanol–water partition coefficient (Wildman–Crippen LogP) is 5.03. The minimum Gasteiger partial charge on any atom is -0.469 e. The Morgan fingerprint density at radius 3 is 2.35 bits per heavy atom. The number of halogens is 3. The van der Waals surface area contributed by atoms with Crippen LogP contribution in [0.4, 0.5) is 13.2 Å². The van der Waals surface area contributed by atoms with Crippen LogP contribution in [0.15, 0.2) is 23.9 Å². The zero-order chi connectivity index (χ0) is 19.5. The Labute approximate surface area is 151 Å². The quantitative estimate of drug-likeness (QED) is 0.317. The van der Waals surface area contributed by atoms with Crippen LogP contribution in [0.25, 0.3) is 6.08 Å². The Hall–Kier alpha value is -2.27. The smallest absolute Gasteiger partial charge is 0.436 e. The van der Waals surface area contributed by atoms with E-state index in [-0.39, 0.29) is 11.3 Å². The van der Waals surface area contributed by atoms with Gasteiger partial charge in [-0.3, -0.25) is 10.1 Å². The molecule has 1 atom stereocenters. The van der Waals surface area contributed by atoms with Crippen molar-refractivity contribution in [3.8, 4) is 17.2 Å². The number of nitro groups is 1. The zero-order valence-electron chi connectivity index (χ0n) is 14.8. The summed E-state index contributed by atoms with van der Waals surface area (Å²) in [5, 5.41) is 11.1. The summed E-state index contributed by atoms with van der Waals surface area (Å²) in [4.78, 5) is 10.1. The van der Waals surface area contributed by atoms with Gasteiger partial charge in [0, 0.05) is 17.2 Å². The van der Waals surface area contributed by atoms with Crippen LogP contribution in [0.5, 0.6) is 5.75 Å². The topological polar surface area (TPSA) is 52.4 Å². The number of hydrogen-bond acceptors (Lipinski definition) is 3. The van der Waals surface area contributed by atoms with Crippen LogP contribution in [-0.2, 0) is 0 Å². The summed E-state index contributed by atoms with van der Waals surface area (Å²) in [6.07, 6.45) is -6.51. The van der Waals surface area contributed by atoms with E-state index in [0.717, 1.165) is 24.2 Å². The molecule has 0 fully saturated rings. The van der Waals surface area contributed by atoms with E-state index >= 15 is 0 Å². The molecule has 1 heterocycles. The van der Waals surface area contributed by atoms with Gasteiger partial charge < -0.3 is 4.74 Å². The second kappa shape index (κ2) is 7.54. The van der Waals surface area contributed by atoms with Crippen LogP contribution in [0, 0.1) is 21.6 Å². The number of rotatable bonds is 4. The molecule has 1 aromatic carbocycles. The summed E-state index contributed by atoms with van der Waals surface area (Å²) in [7, 11) is -1.76. The van der Waals surface area contributed by atoms with Crippen molar-refractivity contribution in [1.29, 1.82) is 0 Å². The molecule has 140 valence electrons. The molecule has 26 heavy (non-hydrogen) atoms. The molecule has 1 unspecified atom stereocenters. The van der Waals surface area contributed by atoms with Gasteiger partial charge >= 0.3 is 6.18 Å². The molecule has 4 nitrogen and oxygen atoms in total. The van der Waals surface area contributed by atoms with E-state index in [9.17, 15) is 23.3 Å². The largest absolute Gasteiger partial charge is 0.469 e. The Morgan fingerprint density at radius 2 is 1.85 bits per heavy atom. The number of ether oxygens (including phenoxy) is 1. The summed E-state index contributed by atoms with van der Waals surface area (Å²) in [6.45, 7) is 6.28. The van der Waals surface area contributed by atoms with Crippen LogP contribution < -0.4 is 4.74 Å². The standard InChI is InChI=1S/C18H20F3NO3Si/c1-4-26(5-2,6-3)11-10-13-8-7-9-16-14(13)12-15(22(23)24)17(25-16)18(19,20)21/h7-9,12,17H,4-6H2,1-3H3. The Balaban J connectivity index is 2.56. The summed E-state index contributed by atoms with van der Waals surface area (Å²) in [6, 6.07) is 7.50. The molecule has 0 aromatic heterocycles. The summed E-state index contributed by atoms with van der Waals surface area (Å²) in [5.41, 5.74) is 3.01. The first-order chi connectivity index (χ1) is 12.2. The SMILES string of the molecule is CC[Si](C#Cc1cccc2c1C=C([N+](=O)[O-])C(C(F)(F)F)O2)(CC)CC. The summed E-state index contributed by atoms with van der Waals surface area (Å²) < 4.78 is 44.2. The minimum absolute atomic E-state index is 0.0403. The Morgan fingerprint density at radius 1 is 1.23 bits per heavy atom. The predicted molar refractivity (Wildman–Crippen MR) is 96.0 cm³/mol. The fourth-order valence-corrected chi connectivity index (χ4v) is 5.34. The highest BCUT2D eigenvalue weighted by Gasteiger charge is 2.52. The fourth-order valence-electron chi connectivity index (χ4n) is 2.91. The van der Waals surface area contributed by atoms with Gasteiger partial charge in [0.2, 0.25) is 0 Å². The van der Waals surface area contributed by atoms with Gasteiger partial charge in [-0.15, -0.1) is 5.54 Å². The van der Waals surface area contributed by atoms with Gasteiger partial charge in [-0.1, -0.05) is 32.8 Å². The number of alkyl halides is 3. The Kier molecular flexibility index (Phi) is 5.81. The average Bonchev–Trinajstić information content (AvgIpc) is 2.61. The Bertz CT molecular complexity index is 781. The molecule has 0 saturated heterocycles. The first kappa shape index (κ1) is 20.0. The van der Waals surface area contributed by atoms with Gasteiger partial charge in [-0.25, -0.2) is 0 Å². The van der Waals surface area contributed by atoms with Gasteiger partial charge in [0.1, 0.15) is 13.8 Å². The lowest BCUT2D eigenvalue weighted by atomic mass is 10.0. The molecule has 0 N–H and O–H groups in total. The maximum Gasteiger partial charge on any atom is 0.436 e. The average molecular weight is 383 g/mol. The minimum atomic E-state index is -4.87. The van der Waals surface area contributed by atoms with E-state index in [1.807, 2.05) is 0 Å². The van der Waals surface area contributed by atoms with Crippen molar-refractivity contribution < 1.29 is 22.8 Å². The van der Waals surface area contributed by atoms with Crippen LogP contribution in [0.1, 0.15) is 31.9 Å². The molecular weight excluding hydrogens is 363 g/mol. The lowest BCUT2D eigenvalue weighted by Gasteiger charge is -2.24. The summed E-state index contributed by atoms with van der Waals surface area (Å²) in [5.74, 6) is 3.02. The van der Waals surface area contributed by atoms with Crippen molar-refractivity contribution in [2.45, 2.75) is 51.2 Å². The highest BCUT2D eigenvalue weighted by Crippen LogP contribution is 2.38. The third-order valence-corrected chi connectivity index (χ3v) is 9.59. The van der Waals surface area contributed by atoms with Gasteiger partial charge in [0.25, 0.3) is 11.8 Å². The van der Waals surface area contributed by atoms with Crippen molar-refractivity contribution in [3.05, 3.63) is 45.1 Å². The second-order valence-electron chi connectivity index (χ2n) is 6.17. The van der Waals surface area contributed by atoms with Crippen molar-refractivity contribution >= 4 is 14.1 Å². The first-order valence-corrected chi connectivity index (χ1v) is 11.0. The molecule has 1 aliphatic rings. The van der Waals surface area contributed by atoms with E-state index in [0.29, 0.717) is 5.56 Å². The van der Waals surface area contributed by atoms with Gasteiger partial charge in [0.05, 0.1) is 4.92 Å². The second-order valence-corrected chi connectivity index (χ2v) is 11.1. The van der Waals surface area contributed by atoms with Crippen molar-refractivity contribution in [1.82, 2.24) is 0 Å². The van der Waals surface area contributed by atoms with Crippen molar-refractivity contribution in [2.24, 2.45) is 0 Å². The highest BCUT2D eigenvalue weighted by molar-refractivity contribution is 6.87. The maximum atomic E-state index is 13.1. The zero-order valence-corrected chi connectivity index (χ0v) is 15.8. The molecule has 0 radical (unpaired) electrons. The normalized spacial score (nSPS) is 16.7. The van der Waals surface area contributed by atoms with Gasteiger partial charge in [-0.05, 0) is 30.3 Å². The number of benzene rings is 1. The monoisotopic (exact) mass is 383 g/mol. The molecule has 0 spiro atoms. The summed E-state index contributed by atoms with van der Waals surface area (Å²) >= 11 is 0. The van der Waals surface area contributed by atoms with Crippen LogP contribution >= 0.6 is 0 Å². The van der Waals surface area contributed by atoms with E-state index in [2.05, 4.69) is 32.2 Å². The molecule has 1 aromatic rings. The fraction of sp³-hybridized carbons (Fsp3) is 0.444. The third kappa shape index (κ3) is 3.93. The van der Waals surface area contributed by atoms with Gasteiger partial charge in [0.15, 0.2) is 0 Å². The van der Waals surface area contributed by atoms with Crippen LogP contribution in [-0.4, -0.2) is 25.3 Å². The molecule has 0 saturated carbocycles. The molecule has 0 bridgehead atoms. The highest BCUT2D eigenvalue weighted by atomic mass is 28.3. The van der Waals surface area contributed by atoms with E-state index < -0.39 is 31.0 Å². The third-order valence-electron chi connectivity index (χ3n) is 4.87. The van der Waals surface area contributed by atoms with Crippen molar-refractivity contribution in [2.75, 3.05) is 0 Å². The van der Waals surface area contributed by atoms with Crippen molar-refractivity contribution in [3.63, 3.8) is 0 Å². The lowest BCUT2D eigenvalue weighted by Crippen LogP contribution is -2.40. The van der Waals surface area contributed by atoms with E-state index in [1.165, 1.54) is 6.07 Å².